The van der Waals surface area contributed by atoms with E-state index in [1.54, 1.807) is 0 Å². The van der Waals surface area contributed by atoms with Crippen LogP contribution in [0.2, 0.25) is 0 Å². The van der Waals surface area contributed by atoms with Crippen molar-refractivity contribution in [2.75, 3.05) is 0 Å². The van der Waals surface area contributed by atoms with Gasteiger partial charge in [-0.25, -0.2) is 9.97 Å². The molecule has 0 atom stereocenters. The normalized spacial score (nSPS) is 10.9. The summed E-state index contributed by atoms with van der Waals surface area (Å²) in [5.41, 5.74) is 8.52. The van der Waals surface area contributed by atoms with Crippen molar-refractivity contribution in [3.05, 3.63) is 133 Å². The van der Waals surface area contributed by atoms with Gasteiger partial charge in [-0.1, -0.05) is 133 Å². The fourth-order valence-corrected chi connectivity index (χ4v) is 4.47. The minimum absolute atomic E-state index is 0.731. The Balaban J connectivity index is 1.77. The Morgan fingerprint density at radius 1 is 0.353 bits per heavy atom. The van der Waals surface area contributed by atoms with Crippen molar-refractivity contribution in [3.63, 3.8) is 0 Å². The maximum Gasteiger partial charge on any atom is 0.160 e. The molecule has 0 radical (unpaired) electrons. The Morgan fingerprint density at radius 3 is 1.35 bits per heavy atom. The lowest BCUT2D eigenvalue weighted by Gasteiger charge is -2.16. The summed E-state index contributed by atoms with van der Waals surface area (Å²) in [4.78, 5) is 10.3. The summed E-state index contributed by atoms with van der Waals surface area (Å²) in [7, 11) is 0. The molecule has 0 saturated carbocycles. The smallest absolute Gasteiger partial charge is 0.160 e. The molecule has 0 N–H and O–H groups in total. The molecule has 6 rings (SSSR count). The van der Waals surface area contributed by atoms with Crippen LogP contribution >= 0.6 is 0 Å². The topological polar surface area (TPSA) is 25.8 Å². The summed E-state index contributed by atoms with van der Waals surface area (Å²) in [6.07, 6.45) is 0. The number of rotatable bonds is 4. The largest absolute Gasteiger partial charge is 0.227 e. The van der Waals surface area contributed by atoms with Crippen molar-refractivity contribution >= 4 is 10.9 Å². The molecule has 0 fully saturated rings. The third-order valence-electron chi connectivity index (χ3n) is 6.10. The summed E-state index contributed by atoms with van der Waals surface area (Å²) >= 11 is 0. The van der Waals surface area contributed by atoms with E-state index < -0.39 is 0 Å². The van der Waals surface area contributed by atoms with Gasteiger partial charge in [0.05, 0.1) is 11.2 Å². The van der Waals surface area contributed by atoms with Gasteiger partial charge in [-0.3, -0.25) is 0 Å². The highest BCUT2D eigenvalue weighted by molar-refractivity contribution is 6.09. The maximum atomic E-state index is 5.18. The minimum atomic E-state index is 0.731. The van der Waals surface area contributed by atoms with Crippen LogP contribution in [0.15, 0.2) is 133 Å². The van der Waals surface area contributed by atoms with Crippen LogP contribution < -0.4 is 0 Å². The van der Waals surface area contributed by atoms with Gasteiger partial charge in [-0.05, 0) is 16.7 Å². The molecule has 160 valence electrons. The van der Waals surface area contributed by atoms with E-state index >= 15 is 0 Å². The first-order valence-corrected chi connectivity index (χ1v) is 11.4. The SMILES string of the molecule is c1ccc(-c2nc(-c3ccccc3)c3c(-c4ccccc4)ccc(-c4ccccc4)c3n2)cc1. The predicted octanol–water partition coefficient (Wildman–Crippen LogP) is 8.30. The number of aromatic nitrogens is 2. The molecular formula is C32H22N2. The molecule has 1 aromatic heterocycles. The Morgan fingerprint density at radius 2 is 0.794 bits per heavy atom. The molecule has 2 nitrogen and oxygen atoms in total. The fraction of sp³-hybridized carbons (Fsp3) is 0. The summed E-state index contributed by atoms with van der Waals surface area (Å²) in [6, 6.07) is 46.0. The molecule has 1 heterocycles. The van der Waals surface area contributed by atoms with Crippen molar-refractivity contribution in [3.8, 4) is 44.9 Å². The lowest BCUT2D eigenvalue weighted by atomic mass is 9.92. The van der Waals surface area contributed by atoms with E-state index in [9.17, 15) is 0 Å². The zero-order valence-corrected chi connectivity index (χ0v) is 18.6. The summed E-state index contributed by atoms with van der Waals surface area (Å²) in [6.45, 7) is 0. The predicted molar refractivity (Wildman–Crippen MR) is 141 cm³/mol. The zero-order valence-electron chi connectivity index (χ0n) is 18.6. The van der Waals surface area contributed by atoms with Crippen LogP contribution in [0, 0.1) is 0 Å². The first-order valence-electron chi connectivity index (χ1n) is 11.4. The second-order valence-electron chi connectivity index (χ2n) is 8.24. The van der Waals surface area contributed by atoms with Crippen molar-refractivity contribution in [2.45, 2.75) is 0 Å². The van der Waals surface area contributed by atoms with Gasteiger partial charge in [0.1, 0.15) is 0 Å². The van der Waals surface area contributed by atoms with E-state index in [0.29, 0.717) is 0 Å². The van der Waals surface area contributed by atoms with E-state index in [4.69, 9.17) is 9.97 Å². The van der Waals surface area contributed by atoms with Crippen LogP contribution in [0.1, 0.15) is 0 Å². The van der Waals surface area contributed by atoms with Crippen molar-refractivity contribution in [2.24, 2.45) is 0 Å². The lowest BCUT2D eigenvalue weighted by Crippen LogP contribution is -1.98. The highest BCUT2D eigenvalue weighted by atomic mass is 14.9. The van der Waals surface area contributed by atoms with E-state index in [0.717, 1.165) is 55.8 Å². The molecule has 0 spiro atoms. The van der Waals surface area contributed by atoms with Crippen LogP contribution in [-0.2, 0) is 0 Å². The second-order valence-corrected chi connectivity index (χ2v) is 8.24. The highest BCUT2D eigenvalue weighted by Crippen LogP contribution is 2.40. The molecule has 0 saturated heterocycles. The lowest BCUT2D eigenvalue weighted by molar-refractivity contribution is 1.23. The molecule has 0 bridgehead atoms. The molecule has 6 aromatic rings. The fourth-order valence-electron chi connectivity index (χ4n) is 4.47. The molecule has 0 aliphatic rings. The van der Waals surface area contributed by atoms with Gasteiger partial charge in [0, 0.05) is 22.1 Å². The number of nitrogens with zero attached hydrogens (tertiary/aromatic N) is 2. The average Bonchev–Trinajstić information content (AvgIpc) is 2.94. The van der Waals surface area contributed by atoms with Gasteiger partial charge in [-0.2, -0.15) is 0 Å². The monoisotopic (exact) mass is 434 g/mol. The number of fused-ring (bicyclic) bond motifs is 1. The first-order chi connectivity index (χ1) is 16.9. The molecule has 34 heavy (non-hydrogen) atoms. The van der Waals surface area contributed by atoms with Gasteiger partial charge < -0.3 is 0 Å². The van der Waals surface area contributed by atoms with E-state index in [1.807, 2.05) is 36.4 Å². The van der Waals surface area contributed by atoms with Gasteiger partial charge in [-0.15, -0.1) is 0 Å². The minimum Gasteiger partial charge on any atom is -0.227 e. The van der Waals surface area contributed by atoms with Crippen molar-refractivity contribution < 1.29 is 0 Å². The number of hydrogen-bond acceptors (Lipinski definition) is 2. The van der Waals surface area contributed by atoms with Crippen LogP contribution in [-0.4, -0.2) is 9.97 Å². The molecule has 5 aromatic carbocycles. The van der Waals surface area contributed by atoms with Gasteiger partial charge in [0.15, 0.2) is 5.82 Å². The third kappa shape index (κ3) is 3.66. The van der Waals surface area contributed by atoms with Gasteiger partial charge >= 0.3 is 0 Å². The van der Waals surface area contributed by atoms with E-state index in [-0.39, 0.29) is 0 Å². The quantitative estimate of drug-likeness (QED) is 0.279. The molecular weight excluding hydrogens is 412 g/mol. The Bertz CT molecular complexity index is 1560. The summed E-state index contributed by atoms with van der Waals surface area (Å²) < 4.78 is 0. The molecule has 0 aliphatic carbocycles. The molecule has 0 aliphatic heterocycles. The number of benzene rings is 5. The standard InChI is InChI=1S/C32H22N2/c1-5-13-23(14-6-1)27-21-22-28(24-15-7-2-8-16-24)31-29(27)30(25-17-9-3-10-18-25)33-32(34-31)26-19-11-4-12-20-26/h1-22H. The first kappa shape index (κ1) is 20.1. The number of hydrogen-bond donors (Lipinski definition) is 0. The van der Waals surface area contributed by atoms with Crippen LogP contribution in [0.3, 0.4) is 0 Å². The van der Waals surface area contributed by atoms with Crippen LogP contribution in [0.5, 0.6) is 0 Å². The average molecular weight is 435 g/mol. The molecule has 0 amide bonds. The second kappa shape index (κ2) is 8.76. The molecule has 2 heteroatoms. The summed E-state index contributed by atoms with van der Waals surface area (Å²) in [5.74, 6) is 0.731. The Labute approximate surface area is 199 Å². The zero-order chi connectivity index (χ0) is 22.7. The van der Waals surface area contributed by atoms with Gasteiger partial charge in [0.2, 0.25) is 0 Å². The van der Waals surface area contributed by atoms with Crippen LogP contribution in [0.4, 0.5) is 0 Å². The Hall–Kier alpha value is -4.56. The Kier molecular flexibility index (Phi) is 5.17. The van der Waals surface area contributed by atoms with E-state index in [1.165, 1.54) is 0 Å². The summed E-state index contributed by atoms with van der Waals surface area (Å²) in [5, 5.41) is 1.07. The van der Waals surface area contributed by atoms with E-state index in [2.05, 4.69) is 97.1 Å². The highest BCUT2D eigenvalue weighted by Gasteiger charge is 2.18. The third-order valence-corrected chi connectivity index (χ3v) is 6.10. The van der Waals surface area contributed by atoms with Gasteiger partial charge in [0.25, 0.3) is 0 Å². The molecule has 0 unspecified atom stereocenters. The van der Waals surface area contributed by atoms with Crippen LogP contribution in [0.25, 0.3) is 55.8 Å². The van der Waals surface area contributed by atoms with Crippen molar-refractivity contribution in [1.29, 1.82) is 0 Å². The van der Waals surface area contributed by atoms with Crippen molar-refractivity contribution in [1.82, 2.24) is 9.97 Å². The maximum absolute atomic E-state index is 5.18.